The molecule has 1 aliphatic heterocycles. The summed E-state index contributed by atoms with van der Waals surface area (Å²) in [5.41, 5.74) is 1.11. The molecule has 0 spiro atoms. The minimum absolute atomic E-state index is 0.00425. The smallest absolute Gasteiger partial charge is 0.290 e. The van der Waals surface area contributed by atoms with E-state index in [1.54, 1.807) is 40.5 Å². The molecule has 32 heavy (non-hydrogen) atoms. The van der Waals surface area contributed by atoms with Gasteiger partial charge in [-0.1, -0.05) is 18.5 Å². The Labute approximate surface area is 196 Å². The number of nitrogens with zero attached hydrogens (tertiary/aromatic N) is 2. The summed E-state index contributed by atoms with van der Waals surface area (Å²) >= 11 is 7.67. The molecule has 0 saturated carbocycles. The third kappa shape index (κ3) is 5.00. The highest BCUT2D eigenvalue weighted by molar-refractivity contribution is 7.10. The first-order valence-corrected chi connectivity index (χ1v) is 11.9. The first-order valence-electron chi connectivity index (χ1n) is 10.6. The predicted octanol–water partition coefficient (Wildman–Crippen LogP) is 5.05. The van der Waals surface area contributed by atoms with Gasteiger partial charge in [0, 0.05) is 23.0 Å². The molecule has 1 atom stereocenters. The minimum Gasteiger partial charge on any atom is -0.491 e. The average molecular weight is 473 g/mol. The first kappa shape index (κ1) is 22.4. The van der Waals surface area contributed by atoms with Crippen LogP contribution in [0.2, 0.25) is 5.02 Å². The quantitative estimate of drug-likeness (QED) is 0.460. The van der Waals surface area contributed by atoms with Gasteiger partial charge in [-0.3, -0.25) is 9.59 Å². The molecule has 0 fully saturated rings. The van der Waals surface area contributed by atoms with E-state index in [0.717, 1.165) is 18.4 Å². The highest BCUT2D eigenvalue weighted by Gasteiger charge is 2.33. The van der Waals surface area contributed by atoms with Crippen molar-refractivity contribution in [1.29, 1.82) is 0 Å². The molecule has 0 aliphatic carbocycles. The minimum atomic E-state index is -0.271. The Morgan fingerprint density at radius 3 is 2.78 bits per heavy atom. The van der Waals surface area contributed by atoms with Crippen LogP contribution in [-0.2, 0) is 11.2 Å². The van der Waals surface area contributed by atoms with Crippen molar-refractivity contribution in [2.24, 2.45) is 0 Å². The number of rotatable bonds is 8. The Morgan fingerprint density at radius 2 is 2.06 bits per heavy atom. The first-order chi connectivity index (χ1) is 15.6. The molecule has 0 radical (unpaired) electrons. The Hall–Kier alpha value is -2.77. The zero-order valence-electron chi connectivity index (χ0n) is 17.8. The lowest BCUT2D eigenvalue weighted by atomic mass is 10.0. The van der Waals surface area contributed by atoms with Crippen molar-refractivity contribution in [3.05, 3.63) is 75.3 Å². The number of fused-ring (bicyclic) bond motifs is 1. The normalized spacial score (nSPS) is 15.3. The predicted molar refractivity (Wildman–Crippen MR) is 124 cm³/mol. The number of thiophene rings is 1. The van der Waals surface area contributed by atoms with Gasteiger partial charge >= 0.3 is 0 Å². The number of furan rings is 1. The van der Waals surface area contributed by atoms with Gasteiger partial charge in [-0.05, 0) is 66.2 Å². The van der Waals surface area contributed by atoms with Gasteiger partial charge in [0.15, 0.2) is 5.76 Å². The second-order valence-electron chi connectivity index (χ2n) is 7.62. The van der Waals surface area contributed by atoms with Crippen molar-refractivity contribution in [2.45, 2.75) is 25.8 Å². The molecular formula is C24H25ClN2O4S. The second-order valence-corrected chi connectivity index (χ2v) is 9.06. The Kier molecular flexibility index (Phi) is 7.17. The largest absolute Gasteiger partial charge is 0.491 e. The van der Waals surface area contributed by atoms with Crippen molar-refractivity contribution in [1.82, 2.24) is 9.80 Å². The van der Waals surface area contributed by atoms with Crippen molar-refractivity contribution in [3.8, 4) is 5.75 Å². The van der Waals surface area contributed by atoms with Gasteiger partial charge in [0.2, 0.25) is 5.91 Å². The maximum atomic E-state index is 13.4. The molecule has 0 saturated heterocycles. The van der Waals surface area contributed by atoms with E-state index in [1.807, 2.05) is 24.0 Å². The fraction of sp³-hybridized carbons (Fsp3) is 0.333. The molecule has 4 rings (SSSR count). The summed E-state index contributed by atoms with van der Waals surface area (Å²) in [4.78, 5) is 30.9. The zero-order valence-corrected chi connectivity index (χ0v) is 19.4. The lowest BCUT2D eigenvalue weighted by Gasteiger charge is -2.37. The van der Waals surface area contributed by atoms with E-state index >= 15 is 0 Å². The molecule has 3 aromatic rings. The number of hydrogen-bond donors (Lipinski definition) is 0. The molecule has 168 valence electrons. The number of halogens is 1. The van der Waals surface area contributed by atoms with Crippen LogP contribution < -0.4 is 4.74 Å². The van der Waals surface area contributed by atoms with Crippen LogP contribution in [0.25, 0.3) is 0 Å². The molecule has 8 heteroatoms. The number of ether oxygens (including phenoxy) is 1. The van der Waals surface area contributed by atoms with Crippen LogP contribution in [0.4, 0.5) is 0 Å². The average Bonchev–Trinajstić information content (AvgIpc) is 3.50. The standard InChI is InChI=1S/C24H25ClN2O4S/c1-2-11-26(24(29)21-4-3-13-30-21)15-23(28)27-12-9-22-19(10-14-32-22)20(27)16-31-18-7-5-17(25)6-8-18/h3-8,10,13-14,20H,2,9,11-12,15-16H2,1H3/t20-/m1/s1. The summed E-state index contributed by atoms with van der Waals surface area (Å²) in [6, 6.07) is 12.3. The summed E-state index contributed by atoms with van der Waals surface area (Å²) in [5, 5.41) is 2.70. The van der Waals surface area contributed by atoms with Crippen LogP contribution in [0, 0.1) is 0 Å². The number of carbonyl (C=O) groups excluding carboxylic acids is 2. The van der Waals surface area contributed by atoms with Crippen molar-refractivity contribution in [3.63, 3.8) is 0 Å². The maximum Gasteiger partial charge on any atom is 0.290 e. The van der Waals surface area contributed by atoms with Gasteiger partial charge in [-0.15, -0.1) is 11.3 Å². The van der Waals surface area contributed by atoms with Gasteiger partial charge in [0.05, 0.1) is 12.3 Å². The van der Waals surface area contributed by atoms with Crippen molar-refractivity contribution in [2.75, 3.05) is 26.2 Å². The molecule has 0 N–H and O–H groups in total. The van der Waals surface area contributed by atoms with Crippen LogP contribution in [0.3, 0.4) is 0 Å². The summed E-state index contributed by atoms with van der Waals surface area (Å²) in [5.74, 6) is 0.574. The molecule has 2 amide bonds. The summed E-state index contributed by atoms with van der Waals surface area (Å²) < 4.78 is 11.3. The Bertz CT molecular complexity index is 1050. The van der Waals surface area contributed by atoms with Crippen LogP contribution >= 0.6 is 22.9 Å². The lowest BCUT2D eigenvalue weighted by Crippen LogP contribution is -2.48. The second kappa shape index (κ2) is 10.2. The van der Waals surface area contributed by atoms with Gasteiger partial charge in [0.25, 0.3) is 5.91 Å². The highest BCUT2D eigenvalue weighted by Crippen LogP contribution is 2.34. The van der Waals surface area contributed by atoms with Crippen LogP contribution in [-0.4, -0.2) is 47.9 Å². The van der Waals surface area contributed by atoms with E-state index in [0.29, 0.717) is 30.5 Å². The third-order valence-electron chi connectivity index (χ3n) is 5.48. The fourth-order valence-electron chi connectivity index (χ4n) is 3.91. The zero-order chi connectivity index (χ0) is 22.5. The monoisotopic (exact) mass is 472 g/mol. The number of hydrogen-bond acceptors (Lipinski definition) is 5. The Morgan fingerprint density at radius 1 is 1.25 bits per heavy atom. The summed E-state index contributed by atoms with van der Waals surface area (Å²) in [6.07, 6.45) is 3.01. The summed E-state index contributed by atoms with van der Waals surface area (Å²) in [7, 11) is 0. The topological polar surface area (TPSA) is 63.0 Å². The van der Waals surface area contributed by atoms with Gasteiger partial charge in [-0.2, -0.15) is 0 Å². The molecule has 6 nitrogen and oxygen atoms in total. The van der Waals surface area contributed by atoms with E-state index in [-0.39, 0.29) is 30.2 Å². The maximum absolute atomic E-state index is 13.4. The van der Waals surface area contributed by atoms with E-state index < -0.39 is 0 Å². The molecule has 1 aliphatic rings. The van der Waals surface area contributed by atoms with Crippen LogP contribution in [0.5, 0.6) is 5.75 Å². The van der Waals surface area contributed by atoms with Crippen LogP contribution in [0.1, 0.15) is 40.4 Å². The number of amides is 2. The molecule has 0 unspecified atom stereocenters. The van der Waals surface area contributed by atoms with Crippen molar-refractivity contribution < 1.29 is 18.7 Å². The summed E-state index contributed by atoms with van der Waals surface area (Å²) in [6.45, 7) is 3.39. The highest BCUT2D eigenvalue weighted by atomic mass is 35.5. The number of benzene rings is 1. The van der Waals surface area contributed by atoms with Gasteiger partial charge in [0.1, 0.15) is 18.9 Å². The molecule has 1 aromatic carbocycles. The number of carbonyl (C=O) groups is 2. The lowest BCUT2D eigenvalue weighted by molar-refractivity contribution is -0.135. The third-order valence-corrected chi connectivity index (χ3v) is 6.72. The van der Waals surface area contributed by atoms with E-state index in [1.165, 1.54) is 11.1 Å². The van der Waals surface area contributed by atoms with Gasteiger partial charge < -0.3 is 19.0 Å². The molecular weight excluding hydrogens is 448 g/mol. The SMILES string of the molecule is CCCN(CC(=O)N1CCc2sccc2[C@H]1COc1ccc(Cl)cc1)C(=O)c1ccco1. The van der Waals surface area contributed by atoms with E-state index in [9.17, 15) is 9.59 Å². The fourth-order valence-corrected chi connectivity index (χ4v) is 4.97. The molecule has 2 aromatic heterocycles. The van der Waals surface area contributed by atoms with Gasteiger partial charge in [-0.25, -0.2) is 0 Å². The molecule has 3 heterocycles. The van der Waals surface area contributed by atoms with Crippen LogP contribution in [0.15, 0.2) is 58.5 Å². The van der Waals surface area contributed by atoms with E-state index in [2.05, 4.69) is 11.4 Å². The van der Waals surface area contributed by atoms with E-state index in [4.69, 9.17) is 20.8 Å². The molecule has 0 bridgehead atoms. The van der Waals surface area contributed by atoms with Crippen molar-refractivity contribution >= 4 is 34.8 Å². The Balaban J connectivity index is 1.50.